The van der Waals surface area contributed by atoms with Crippen molar-refractivity contribution in [2.45, 2.75) is 269 Å². The minimum atomic E-state index is -0.475. The molecule has 2 aliphatic heterocycles. The summed E-state index contributed by atoms with van der Waals surface area (Å²) in [6.07, 6.45) is 29.0. The zero-order valence-electron chi connectivity index (χ0n) is 70.3. The standard InChI is InChI=1S/C8H8F2.C8H9F.C8H16.2C8H14.C8H10.C7H8FN.C7H9N.C7H14O.C6H8N2.C6H12O2.C6H8S.C6H8Se/c1-5-3-7(9)6(2)8(10)4-5;1-6-3-4-7(2)8(9)5-6;4*1-7-3-5-8(2)6-4-7;1-5-3-7(8)6(2)9-4-5;2*1-6-3-4-7(2)8-5-6;2*1-5-3-7-6(2)8-4-5;2*1-5-3-4-6(2)7-5/h3-4H,1-2H3;3-5H,1-2H3;7-8H,3-6H2,1-2H3;2*3,8H,4-6H2,1-2H3;3-6H,1-2H3;3-4H,1-2H3;3-5H,1-2H3;6-7H,3-5H2,1-2H3;3-4H,1-2H3;5-6H,3-4H2,1-2H3;2*3-4H,1-2H3/t;;;2*8-;;;;;;;;/m...10......../s1. The van der Waals surface area contributed by atoms with Gasteiger partial charge in [0.1, 0.15) is 29.1 Å². The molecule has 588 valence electrons. The molecule has 3 aliphatic carbocycles. The van der Waals surface area contributed by atoms with E-state index in [4.69, 9.17) is 14.2 Å². The molecule has 3 fully saturated rings. The second-order valence-corrected chi connectivity index (χ2v) is 35.0. The van der Waals surface area contributed by atoms with Gasteiger partial charge >= 0.3 is 49.4 Å². The Morgan fingerprint density at radius 2 is 0.774 bits per heavy atom. The molecular weight excluding hydrogens is 1410 g/mol. The third-order valence-corrected chi connectivity index (χ3v) is 20.8. The summed E-state index contributed by atoms with van der Waals surface area (Å²) in [5, 5.41) is 0. The molecule has 106 heavy (non-hydrogen) atoms. The summed E-state index contributed by atoms with van der Waals surface area (Å²) in [6, 6.07) is 30.6. The Morgan fingerprint density at radius 3 is 1.08 bits per heavy atom. The topological polar surface area (TPSA) is 79.2 Å². The molecule has 0 bridgehead atoms. The number of aryl methyl sites for hydroxylation is 15. The summed E-state index contributed by atoms with van der Waals surface area (Å²) in [4.78, 5) is 18.6. The number of thiophene rings is 1. The van der Waals surface area contributed by atoms with E-state index in [1.807, 2.05) is 90.5 Å². The number of aromatic nitrogens is 4. The second-order valence-electron chi connectivity index (χ2n) is 30.3. The predicted octanol–water partition coefficient (Wildman–Crippen LogP) is 26.9. The first kappa shape index (κ1) is 97.8. The van der Waals surface area contributed by atoms with E-state index >= 15 is 0 Å². The van der Waals surface area contributed by atoms with Gasteiger partial charge in [-0.3, -0.25) is 9.97 Å². The Balaban J connectivity index is 0.000000575. The minimum absolute atomic E-state index is 0.0196. The van der Waals surface area contributed by atoms with Gasteiger partial charge in [-0.15, -0.1) is 11.3 Å². The van der Waals surface area contributed by atoms with E-state index in [2.05, 4.69) is 191 Å². The zero-order valence-corrected chi connectivity index (χ0v) is 72.8. The summed E-state index contributed by atoms with van der Waals surface area (Å²) in [7, 11) is 0. The maximum absolute atomic E-state index is 12.6. The Bertz CT molecular complexity index is 3220. The number of rotatable bonds is 0. The Morgan fingerprint density at radius 1 is 0.358 bits per heavy atom. The van der Waals surface area contributed by atoms with Crippen LogP contribution in [0, 0.1) is 170 Å². The molecule has 13 heteroatoms. The summed E-state index contributed by atoms with van der Waals surface area (Å²) in [6.45, 7) is 55.8. The van der Waals surface area contributed by atoms with Gasteiger partial charge in [-0.1, -0.05) is 144 Å². The molecule has 0 N–H and O–H groups in total. The fourth-order valence-corrected chi connectivity index (χ4v) is 12.6. The first-order chi connectivity index (χ1) is 49.9. The summed E-state index contributed by atoms with van der Waals surface area (Å²) in [5.41, 5.74) is 12.9. The molecule has 0 radical (unpaired) electrons. The maximum Gasteiger partial charge on any atom is 0.144 e. The molecule has 13 rings (SSSR count). The fourth-order valence-electron chi connectivity index (χ4n) is 10.2. The van der Waals surface area contributed by atoms with Crippen LogP contribution in [0.1, 0.15) is 232 Å². The first-order valence-electron chi connectivity index (χ1n) is 38.5. The normalized spacial score (nSPS) is 19.4. The van der Waals surface area contributed by atoms with Crippen LogP contribution in [0.25, 0.3) is 0 Å². The fraction of sp³-hybridized carbons (Fsp3) is 0.527. The number of hydrogen-bond acceptors (Lipinski definition) is 8. The predicted molar refractivity (Wildman–Crippen MR) is 448 cm³/mol. The molecule has 2 saturated heterocycles. The summed E-state index contributed by atoms with van der Waals surface area (Å²) < 4.78 is 69.1. The molecular formula is C93H138F4N4O3SSe. The first-order valence-corrected chi connectivity index (χ1v) is 41.1. The Hall–Kier alpha value is -6.18. The van der Waals surface area contributed by atoms with Crippen molar-refractivity contribution in [3.8, 4) is 0 Å². The van der Waals surface area contributed by atoms with E-state index < -0.39 is 11.6 Å². The van der Waals surface area contributed by atoms with Crippen LogP contribution >= 0.6 is 11.3 Å². The SMILES string of the molecule is CC1=CC[C@@H](C)CC1.CC1=CC[C@H](C)CC1.CC1CCC(C)CC1.CC1CCC(C)OC1.CC1COC(C)OC1.Cc1cc(F)c(C)c(F)c1.Cc1ccc(C)[se]1.Cc1ccc(C)c(F)c1.Cc1ccc(C)cc1.Cc1ccc(C)nc1.Cc1ccc(C)s1.Cc1cnc(C)c(F)c1.Cc1cnc(C)nc1. The number of pyridine rings is 2. The van der Waals surface area contributed by atoms with Crippen molar-refractivity contribution in [2.75, 3.05) is 19.8 Å². The van der Waals surface area contributed by atoms with Gasteiger partial charge in [0.2, 0.25) is 0 Å². The van der Waals surface area contributed by atoms with Gasteiger partial charge in [-0.25, -0.2) is 27.5 Å². The van der Waals surface area contributed by atoms with Gasteiger partial charge in [0.15, 0.2) is 6.29 Å². The van der Waals surface area contributed by atoms with Gasteiger partial charge in [0.05, 0.1) is 25.0 Å². The van der Waals surface area contributed by atoms with E-state index in [-0.39, 0.29) is 23.5 Å². The molecule has 7 nitrogen and oxygen atoms in total. The molecule has 2 unspecified atom stereocenters. The number of benzene rings is 3. The van der Waals surface area contributed by atoms with Crippen LogP contribution in [0.4, 0.5) is 17.6 Å². The quantitative estimate of drug-likeness (QED) is 0.0850. The van der Waals surface area contributed by atoms with Gasteiger partial charge in [-0.05, 0) is 281 Å². The van der Waals surface area contributed by atoms with Crippen LogP contribution in [0.15, 0.2) is 145 Å². The summed E-state index contributed by atoms with van der Waals surface area (Å²) in [5.74, 6) is 4.84. The third kappa shape index (κ3) is 51.2. The van der Waals surface area contributed by atoms with Crippen molar-refractivity contribution in [3.63, 3.8) is 0 Å². The van der Waals surface area contributed by atoms with Crippen molar-refractivity contribution in [2.24, 2.45) is 35.5 Å². The largest absolute Gasteiger partial charge is 0.261 e. The van der Waals surface area contributed by atoms with Gasteiger partial charge < -0.3 is 14.2 Å². The number of ether oxygens (including phenoxy) is 3. The third-order valence-electron chi connectivity index (χ3n) is 17.9. The van der Waals surface area contributed by atoms with E-state index in [0.717, 1.165) is 77.6 Å². The molecule has 7 heterocycles. The van der Waals surface area contributed by atoms with Gasteiger partial charge in [-0.2, -0.15) is 0 Å². The monoisotopic (exact) mass is 1550 g/mol. The Kier molecular flexibility index (Phi) is 51.8. The van der Waals surface area contributed by atoms with Crippen molar-refractivity contribution in [1.82, 2.24) is 19.9 Å². The molecule has 8 aromatic rings. The van der Waals surface area contributed by atoms with Crippen LogP contribution in [0.3, 0.4) is 0 Å². The van der Waals surface area contributed by atoms with Crippen molar-refractivity contribution >= 4 is 25.8 Å². The average Bonchev–Trinajstić information content (AvgIpc) is 0.919. The van der Waals surface area contributed by atoms with Crippen LogP contribution in [0.5, 0.6) is 0 Å². The number of allylic oxidation sites excluding steroid dienone is 4. The number of hydrogen-bond donors (Lipinski definition) is 0. The second kappa shape index (κ2) is 56.1. The van der Waals surface area contributed by atoms with Crippen LogP contribution in [-0.2, 0) is 14.2 Å². The average molecular weight is 1550 g/mol. The van der Waals surface area contributed by atoms with Crippen LogP contribution in [0.2, 0.25) is 0 Å². The van der Waals surface area contributed by atoms with E-state index in [9.17, 15) is 17.6 Å². The minimum Gasteiger partial charge on any atom is -0.261 e. The zero-order chi connectivity index (χ0) is 79.8. The van der Waals surface area contributed by atoms with Gasteiger partial charge in [0.25, 0.3) is 0 Å². The molecule has 1 saturated carbocycles. The molecule has 5 aliphatic rings. The van der Waals surface area contributed by atoms with Crippen molar-refractivity contribution in [3.05, 3.63) is 254 Å². The summed E-state index contributed by atoms with van der Waals surface area (Å²) >= 11 is 2.55. The van der Waals surface area contributed by atoms with E-state index in [1.165, 1.54) is 135 Å². The van der Waals surface area contributed by atoms with Crippen LogP contribution in [-0.4, -0.2) is 66.7 Å². The number of nitrogens with zero attached hydrogens (tertiary/aromatic N) is 4. The molecule has 5 aromatic heterocycles. The van der Waals surface area contributed by atoms with Crippen molar-refractivity contribution < 1.29 is 31.8 Å². The molecule has 3 aromatic carbocycles. The molecule has 4 atom stereocenters. The van der Waals surface area contributed by atoms with E-state index in [0.29, 0.717) is 43.3 Å². The molecule has 0 spiro atoms. The Labute approximate surface area is 652 Å². The number of halogens is 4. The van der Waals surface area contributed by atoms with E-state index in [1.54, 1.807) is 53.1 Å². The smallest absolute Gasteiger partial charge is 0.144 e. The van der Waals surface area contributed by atoms with Crippen molar-refractivity contribution in [1.29, 1.82) is 0 Å². The van der Waals surface area contributed by atoms with Crippen LogP contribution < -0.4 is 0 Å². The maximum atomic E-state index is 12.6. The molecule has 0 amide bonds. The van der Waals surface area contributed by atoms with Gasteiger partial charge in [0, 0.05) is 58.3 Å².